The molecule has 0 aromatic heterocycles. The van der Waals surface area contributed by atoms with Gasteiger partial charge in [-0.05, 0) is 32.1 Å². The third kappa shape index (κ3) is 17.4. The van der Waals surface area contributed by atoms with Crippen LogP contribution in [0, 0.1) is 0 Å². The van der Waals surface area contributed by atoms with Gasteiger partial charge in [-0.3, -0.25) is 4.79 Å². The van der Waals surface area contributed by atoms with E-state index in [1.807, 2.05) is 0 Å². The Hall–Kier alpha value is -0.500. The minimum Gasteiger partial charge on any atom is -0.481 e. The van der Waals surface area contributed by atoms with Gasteiger partial charge < -0.3 is 5.11 Å². The van der Waals surface area contributed by atoms with Gasteiger partial charge in [-0.2, -0.15) is 0 Å². The SMILES string of the molecule is CCCCCCCC/C(Cl)=C\CCCCCCCC(=O)O. The summed E-state index contributed by atoms with van der Waals surface area (Å²) >= 11 is 6.21. The lowest BCUT2D eigenvalue weighted by Gasteiger charge is -2.01. The van der Waals surface area contributed by atoms with Gasteiger partial charge in [0.05, 0.1) is 0 Å². The van der Waals surface area contributed by atoms with Crippen molar-refractivity contribution in [1.82, 2.24) is 0 Å². The second-order valence-corrected chi connectivity index (χ2v) is 6.35. The zero-order valence-electron chi connectivity index (χ0n) is 13.7. The van der Waals surface area contributed by atoms with Crippen LogP contribution >= 0.6 is 11.6 Å². The minimum atomic E-state index is -0.681. The smallest absolute Gasteiger partial charge is 0.303 e. The van der Waals surface area contributed by atoms with Gasteiger partial charge in [0.25, 0.3) is 0 Å². The topological polar surface area (TPSA) is 37.3 Å². The van der Waals surface area contributed by atoms with Gasteiger partial charge in [-0.1, -0.05) is 76.0 Å². The van der Waals surface area contributed by atoms with Crippen molar-refractivity contribution in [1.29, 1.82) is 0 Å². The maximum Gasteiger partial charge on any atom is 0.303 e. The van der Waals surface area contributed by atoms with Crippen LogP contribution in [0.3, 0.4) is 0 Å². The summed E-state index contributed by atoms with van der Waals surface area (Å²) in [6.07, 6.45) is 17.8. The fourth-order valence-corrected chi connectivity index (χ4v) is 2.63. The van der Waals surface area contributed by atoms with Crippen molar-refractivity contribution in [3.8, 4) is 0 Å². The van der Waals surface area contributed by atoms with Crippen LogP contribution in [0.15, 0.2) is 11.1 Å². The summed E-state index contributed by atoms with van der Waals surface area (Å²) in [5, 5.41) is 9.55. The molecule has 0 saturated heterocycles. The van der Waals surface area contributed by atoms with Crippen LogP contribution in [-0.2, 0) is 4.79 Å². The zero-order valence-corrected chi connectivity index (χ0v) is 14.5. The third-order valence-corrected chi connectivity index (χ3v) is 4.07. The van der Waals surface area contributed by atoms with Crippen molar-refractivity contribution in [3.05, 3.63) is 11.1 Å². The molecule has 0 aromatic rings. The van der Waals surface area contributed by atoms with Crippen molar-refractivity contribution in [2.45, 2.75) is 96.8 Å². The molecule has 0 aliphatic heterocycles. The fourth-order valence-electron chi connectivity index (χ4n) is 2.39. The lowest BCUT2D eigenvalue weighted by molar-refractivity contribution is -0.137. The van der Waals surface area contributed by atoms with E-state index in [1.165, 1.54) is 51.4 Å². The molecular formula is C18H33ClO2. The van der Waals surface area contributed by atoms with E-state index in [9.17, 15) is 4.79 Å². The predicted octanol–water partition coefficient (Wildman–Crippen LogP) is 6.68. The number of carbonyl (C=O) groups is 1. The summed E-state index contributed by atoms with van der Waals surface area (Å²) in [5.41, 5.74) is 0. The lowest BCUT2D eigenvalue weighted by Crippen LogP contribution is -1.93. The predicted molar refractivity (Wildman–Crippen MR) is 91.9 cm³/mol. The lowest BCUT2D eigenvalue weighted by atomic mass is 10.1. The highest BCUT2D eigenvalue weighted by atomic mass is 35.5. The first-order valence-corrected chi connectivity index (χ1v) is 9.11. The molecule has 0 unspecified atom stereocenters. The summed E-state index contributed by atoms with van der Waals surface area (Å²) in [4.78, 5) is 10.3. The summed E-state index contributed by atoms with van der Waals surface area (Å²) < 4.78 is 0. The Morgan fingerprint density at radius 3 is 2.00 bits per heavy atom. The molecule has 0 saturated carbocycles. The van der Waals surface area contributed by atoms with Crippen LogP contribution in [0.2, 0.25) is 0 Å². The number of aliphatic carboxylic acids is 1. The van der Waals surface area contributed by atoms with E-state index < -0.39 is 5.97 Å². The molecule has 124 valence electrons. The highest BCUT2D eigenvalue weighted by Gasteiger charge is 1.97. The van der Waals surface area contributed by atoms with Crippen LogP contribution in [0.1, 0.15) is 96.8 Å². The number of hydrogen-bond acceptors (Lipinski definition) is 1. The first kappa shape index (κ1) is 20.5. The normalized spacial score (nSPS) is 11.8. The molecule has 1 N–H and O–H groups in total. The molecule has 0 aromatic carbocycles. The van der Waals surface area contributed by atoms with Gasteiger partial charge in [0, 0.05) is 11.5 Å². The molecule has 0 aliphatic rings. The van der Waals surface area contributed by atoms with Crippen molar-refractivity contribution < 1.29 is 9.90 Å². The van der Waals surface area contributed by atoms with Gasteiger partial charge in [0.15, 0.2) is 0 Å². The minimum absolute atomic E-state index is 0.310. The Morgan fingerprint density at radius 2 is 1.38 bits per heavy atom. The van der Waals surface area contributed by atoms with E-state index in [1.54, 1.807) is 0 Å². The van der Waals surface area contributed by atoms with Crippen molar-refractivity contribution in [3.63, 3.8) is 0 Å². The maximum atomic E-state index is 10.3. The van der Waals surface area contributed by atoms with E-state index >= 15 is 0 Å². The maximum absolute atomic E-state index is 10.3. The summed E-state index contributed by atoms with van der Waals surface area (Å²) in [5.74, 6) is -0.681. The molecule has 3 heteroatoms. The van der Waals surface area contributed by atoms with Crippen molar-refractivity contribution >= 4 is 17.6 Å². The van der Waals surface area contributed by atoms with Crippen LogP contribution in [-0.4, -0.2) is 11.1 Å². The molecule has 0 bridgehead atoms. The standard InChI is InChI=1S/C18H33ClO2/c1-2-3-4-5-8-11-14-17(19)15-12-9-6-7-10-13-16-18(20)21/h15H,2-14,16H2,1H3,(H,20,21)/b17-15+. The van der Waals surface area contributed by atoms with E-state index in [4.69, 9.17) is 16.7 Å². The van der Waals surface area contributed by atoms with E-state index in [0.29, 0.717) is 6.42 Å². The third-order valence-electron chi connectivity index (χ3n) is 3.73. The van der Waals surface area contributed by atoms with Gasteiger partial charge >= 0.3 is 5.97 Å². The number of unbranched alkanes of at least 4 members (excludes halogenated alkanes) is 10. The Balaban J connectivity index is 3.29. The number of rotatable bonds is 15. The number of halogens is 1. The Kier molecular flexibility index (Phi) is 15.5. The first-order valence-electron chi connectivity index (χ1n) is 8.73. The molecule has 0 amide bonds. The fraction of sp³-hybridized carbons (Fsp3) is 0.833. The molecule has 2 nitrogen and oxygen atoms in total. The molecule has 0 heterocycles. The van der Waals surface area contributed by atoms with Crippen LogP contribution < -0.4 is 0 Å². The van der Waals surface area contributed by atoms with Crippen LogP contribution in [0.5, 0.6) is 0 Å². The highest BCUT2D eigenvalue weighted by Crippen LogP contribution is 2.16. The van der Waals surface area contributed by atoms with Crippen molar-refractivity contribution in [2.75, 3.05) is 0 Å². The highest BCUT2D eigenvalue weighted by molar-refractivity contribution is 6.29. The average molecular weight is 317 g/mol. The molecule has 0 fully saturated rings. The molecule has 0 aliphatic carbocycles. The van der Waals surface area contributed by atoms with Gasteiger partial charge in [-0.15, -0.1) is 0 Å². The first-order chi connectivity index (χ1) is 10.2. The quantitative estimate of drug-likeness (QED) is 0.342. The van der Waals surface area contributed by atoms with E-state index in [-0.39, 0.29) is 0 Å². The van der Waals surface area contributed by atoms with E-state index in [2.05, 4.69) is 13.0 Å². The summed E-state index contributed by atoms with van der Waals surface area (Å²) in [6.45, 7) is 2.24. The Bertz CT molecular complexity index is 274. The van der Waals surface area contributed by atoms with E-state index in [0.717, 1.165) is 37.1 Å². The Labute approximate surface area is 136 Å². The molecule has 21 heavy (non-hydrogen) atoms. The van der Waals surface area contributed by atoms with Gasteiger partial charge in [0.1, 0.15) is 0 Å². The number of allylic oxidation sites excluding steroid dienone is 2. The second-order valence-electron chi connectivity index (χ2n) is 5.87. The summed E-state index contributed by atoms with van der Waals surface area (Å²) in [7, 11) is 0. The molecular weight excluding hydrogens is 284 g/mol. The molecule has 0 spiro atoms. The van der Waals surface area contributed by atoms with Gasteiger partial charge in [-0.25, -0.2) is 0 Å². The largest absolute Gasteiger partial charge is 0.481 e. The number of carboxylic acid groups (broad SMARTS) is 1. The molecule has 0 atom stereocenters. The Morgan fingerprint density at radius 1 is 0.857 bits per heavy atom. The monoisotopic (exact) mass is 316 g/mol. The number of carboxylic acids is 1. The summed E-state index contributed by atoms with van der Waals surface area (Å²) in [6, 6.07) is 0. The van der Waals surface area contributed by atoms with Gasteiger partial charge in [0.2, 0.25) is 0 Å². The zero-order chi connectivity index (χ0) is 15.8. The molecule has 0 rings (SSSR count). The number of hydrogen-bond donors (Lipinski definition) is 1. The van der Waals surface area contributed by atoms with Crippen LogP contribution in [0.25, 0.3) is 0 Å². The van der Waals surface area contributed by atoms with Crippen molar-refractivity contribution in [2.24, 2.45) is 0 Å². The average Bonchev–Trinajstić information content (AvgIpc) is 2.45. The molecule has 0 radical (unpaired) electrons. The second kappa shape index (κ2) is 15.9. The van der Waals surface area contributed by atoms with Crippen LogP contribution in [0.4, 0.5) is 0 Å².